The van der Waals surface area contributed by atoms with Gasteiger partial charge in [-0.3, -0.25) is 9.78 Å². The van der Waals surface area contributed by atoms with Gasteiger partial charge in [0.1, 0.15) is 11.4 Å². The van der Waals surface area contributed by atoms with Gasteiger partial charge in [-0.1, -0.05) is 0 Å². The number of carbonyl (C=O) groups is 1. The molecule has 2 heterocycles. The Morgan fingerprint density at radius 1 is 1.23 bits per heavy atom. The van der Waals surface area contributed by atoms with Crippen molar-refractivity contribution in [1.82, 2.24) is 10.3 Å². The lowest BCUT2D eigenvalue weighted by Gasteiger charge is -2.12. The Bertz CT molecular complexity index is 882. The third kappa shape index (κ3) is 4.72. The highest BCUT2D eigenvalue weighted by atomic mass is 32.2. The van der Waals surface area contributed by atoms with E-state index in [9.17, 15) is 13.2 Å². The van der Waals surface area contributed by atoms with Gasteiger partial charge in [0.2, 0.25) is 0 Å². The van der Waals surface area contributed by atoms with Crippen molar-refractivity contribution in [2.75, 3.05) is 23.4 Å². The molecule has 1 fully saturated rings. The highest BCUT2D eigenvalue weighted by Crippen LogP contribution is 2.20. The van der Waals surface area contributed by atoms with Gasteiger partial charge in [0.25, 0.3) is 5.91 Å². The summed E-state index contributed by atoms with van der Waals surface area (Å²) in [6.45, 7) is 2.54. The lowest BCUT2D eigenvalue weighted by Crippen LogP contribution is -2.36. The third-order valence-corrected chi connectivity index (χ3v) is 5.78. The molecular formula is C18H21N3O4S. The number of nitrogens with zero attached hydrogens (tertiary/aromatic N) is 1. The summed E-state index contributed by atoms with van der Waals surface area (Å²) in [5, 5.41) is 5.94. The molecule has 8 heteroatoms. The van der Waals surface area contributed by atoms with E-state index in [1.54, 1.807) is 12.1 Å². The molecule has 1 aromatic carbocycles. The summed E-state index contributed by atoms with van der Waals surface area (Å²) in [6, 6.07) is 10.5. The molecule has 1 aliphatic heterocycles. The van der Waals surface area contributed by atoms with Crippen LogP contribution in [0.15, 0.2) is 42.6 Å². The number of benzene rings is 1. The van der Waals surface area contributed by atoms with Crippen molar-refractivity contribution >= 4 is 27.1 Å². The zero-order valence-corrected chi connectivity index (χ0v) is 15.3. The van der Waals surface area contributed by atoms with Gasteiger partial charge in [-0.15, -0.1) is 0 Å². The van der Waals surface area contributed by atoms with Crippen LogP contribution in [-0.2, 0) is 9.84 Å². The van der Waals surface area contributed by atoms with Gasteiger partial charge < -0.3 is 15.4 Å². The molecule has 0 aliphatic carbocycles. The number of nitrogens with one attached hydrogen (secondary N) is 2. The predicted octanol–water partition coefficient (Wildman–Crippen LogP) is 2.14. The molecule has 1 amide bonds. The van der Waals surface area contributed by atoms with Gasteiger partial charge >= 0.3 is 0 Å². The first kappa shape index (κ1) is 18.2. The smallest absolute Gasteiger partial charge is 0.270 e. The second-order valence-corrected chi connectivity index (χ2v) is 8.31. The molecule has 1 unspecified atom stereocenters. The number of pyridine rings is 1. The summed E-state index contributed by atoms with van der Waals surface area (Å²) in [5.41, 5.74) is 1.81. The van der Waals surface area contributed by atoms with E-state index in [1.165, 1.54) is 6.20 Å². The number of carbonyl (C=O) groups excluding carboxylic acids is 1. The average Bonchev–Trinajstić information content (AvgIpc) is 2.95. The molecule has 1 aromatic heterocycles. The molecule has 1 atom stereocenters. The molecule has 3 rings (SSSR count). The first-order valence-electron chi connectivity index (χ1n) is 8.42. The van der Waals surface area contributed by atoms with E-state index >= 15 is 0 Å². The summed E-state index contributed by atoms with van der Waals surface area (Å²) in [6.07, 6.45) is 1.98. The van der Waals surface area contributed by atoms with E-state index in [0.29, 0.717) is 18.7 Å². The number of hydrogen-bond acceptors (Lipinski definition) is 6. The minimum absolute atomic E-state index is 0.0111. The number of amides is 1. The van der Waals surface area contributed by atoms with Crippen LogP contribution >= 0.6 is 0 Å². The monoisotopic (exact) mass is 375 g/mol. The highest BCUT2D eigenvalue weighted by Gasteiger charge is 2.29. The minimum atomic E-state index is -3.04. The molecule has 0 radical (unpaired) electrons. The molecule has 0 bridgehead atoms. The van der Waals surface area contributed by atoms with E-state index in [4.69, 9.17) is 4.74 Å². The number of anilines is 2. The van der Waals surface area contributed by atoms with Gasteiger partial charge in [0.15, 0.2) is 9.84 Å². The van der Waals surface area contributed by atoms with Crippen molar-refractivity contribution in [2.45, 2.75) is 19.4 Å². The van der Waals surface area contributed by atoms with Crippen LogP contribution in [0.4, 0.5) is 11.4 Å². The second-order valence-electron chi connectivity index (χ2n) is 6.09. The SMILES string of the molecule is CCOc1ccc(Nc2ccnc(C(=O)NC3CCS(=O)(=O)C3)c2)cc1. The minimum Gasteiger partial charge on any atom is -0.494 e. The van der Waals surface area contributed by atoms with Crippen molar-refractivity contribution < 1.29 is 17.9 Å². The summed E-state index contributed by atoms with van der Waals surface area (Å²) >= 11 is 0. The standard InChI is InChI=1S/C18H21N3O4S/c1-2-25-16-5-3-13(4-6-16)20-14-7-9-19-17(11-14)18(22)21-15-8-10-26(23,24)12-15/h3-7,9,11,15H,2,8,10,12H2,1H3,(H,19,20)(H,21,22). The molecule has 2 N–H and O–H groups in total. The van der Waals surface area contributed by atoms with Crippen LogP contribution in [0, 0.1) is 0 Å². The largest absolute Gasteiger partial charge is 0.494 e. The van der Waals surface area contributed by atoms with E-state index in [-0.39, 0.29) is 29.1 Å². The summed E-state index contributed by atoms with van der Waals surface area (Å²) in [5.74, 6) is 0.523. The fraction of sp³-hybridized carbons (Fsp3) is 0.333. The second kappa shape index (κ2) is 7.74. The Labute approximate surface area is 152 Å². The Kier molecular flexibility index (Phi) is 5.41. The van der Waals surface area contributed by atoms with Crippen molar-refractivity contribution in [3.8, 4) is 5.75 Å². The molecule has 138 valence electrons. The summed E-state index contributed by atoms with van der Waals surface area (Å²) in [7, 11) is -3.04. The first-order valence-corrected chi connectivity index (χ1v) is 10.2. The highest BCUT2D eigenvalue weighted by molar-refractivity contribution is 7.91. The Balaban J connectivity index is 1.65. The third-order valence-electron chi connectivity index (χ3n) is 4.01. The lowest BCUT2D eigenvalue weighted by atomic mass is 10.2. The van der Waals surface area contributed by atoms with Crippen LogP contribution in [-0.4, -0.2) is 43.5 Å². The average molecular weight is 375 g/mol. The number of sulfone groups is 1. The van der Waals surface area contributed by atoms with Gasteiger partial charge in [-0.05, 0) is 49.7 Å². The maximum absolute atomic E-state index is 12.3. The normalized spacial score (nSPS) is 18.3. The van der Waals surface area contributed by atoms with E-state index < -0.39 is 9.84 Å². The molecule has 0 spiro atoms. The zero-order chi connectivity index (χ0) is 18.6. The van der Waals surface area contributed by atoms with Crippen LogP contribution in [0.5, 0.6) is 5.75 Å². The van der Waals surface area contributed by atoms with Gasteiger partial charge in [0, 0.05) is 23.6 Å². The van der Waals surface area contributed by atoms with Crippen molar-refractivity contribution in [1.29, 1.82) is 0 Å². The van der Waals surface area contributed by atoms with Gasteiger partial charge in [-0.25, -0.2) is 8.42 Å². The molecule has 0 saturated carbocycles. The summed E-state index contributed by atoms with van der Waals surface area (Å²) < 4.78 is 28.4. The van der Waals surface area contributed by atoms with Crippen LogP contribution in [0.1, 0.15) is 23.8 Å². The summed E-state index contributed by atoms with van der Waals surface area (Å²) in [4.78, 5) is 16.4. The predicted molar refractivity (Wildman–Crippen MR) is 99.7 cm³/mol. The maximum Gasteiger partial charge on any atom is 0.270 e. The van der Waals surface area contributed by atoms with Crippen molar-refractivity contribution in [3.05, 3.63) is 48.3 Å². The first-order chi connectivity index (χ1) is 12.4. The Morgan fingerprint density at radius 2 is 2.00 bits per heavy atom. The van der Waals surface area contributed by atoms with Crippen LogP contribution < -0.4 is 15.4 Å². The quantitative estimate of drug-likeness (QED) is 0.803. The maximum atomic E-state index is 12.3. The Morgan fingerprint density at radius 3 is 2.65 bits per heavy atom. The van der Waals surface area contributed by atoms with Crippen LogP contribution in [0.2, 0.25) is 0 Å². The fourth-order valence-electron chi connectivity index (χ4n) is 2.77. The lowest BCUT2D eigenvalue weighted by molar-refractivity contribution is 0.0936. The molecule has 1 aliphatic rings. The van der Waals surface area contributed by atoms with Gasteiger partial charge in [0.05, 0.1) is 18.1 Å². The van der Waals surface area contributed by atoms with Crippen molar-refractivity contribution in [2.24, 2.45) is 0 Å². The number of hydrogen-bond donors (Lipinski definition) is 2. The van der Waals surface area contributed by atoms with E-state index in [2.05, 4.69) is 15.6 Å². The fourth-order valence-corrected chi connectivity index (χ4v) is 4.44. The molecule has 1 saturated heterocycles. The molecule has 26 heavy (non-hydrogen) atoms. The zero-order valence-electron chi connectivity index (χ0n) is 14.4. The van der Waals surface area contributed by atoms with Crippen molar-refractivity contribution in [3.63, 3.8) is 0 Å². The number of ether oxygens (including phenoxy) is 1. The van der Waals surface area contributed by atoms with Crippen LogP contribution in [0.3, 0.4) is 0 Å². The number of rotatable bonds is 6. The molecule has 7 nitrogen and oxygen atoms in total. The van der Waals surface area contributed by atoms with E-state index in [0.717, 1.165) is 11.4 Å². The van der Waals surface area contributed by atoms with E-state index in [1.807, 2.05) is 31.2 Å². The topological polar surface area (TPSA) is 97.4 Å². The van der Waals surface area contributed by atoms with Gasteiger partial charge in [-0.2, -0.15) is 0 Å². The molecule has 2 aromatic rings. The van der Waals surface area contributed by atoms with Crippen LogP contribution in [0.25, 0.3) is 0 Å². The molecular weight excluding hydrogens is 354 g/mol. The number of aromatic nitrogens is 1. The Hall–Kier alpha value is -2.61.